The lowest BCUT2D eigenvalue weighted by atomic mass is 10.0. The van der Waals surface area contributed by atoms with E-state index in [1.165, 1.54) is 270 Å². The van der Waals surface area contributed by atoms with Crippen LogP contribution >= 0.6 is 0 Å². The molecule has 0 radical (unpaired) electrons. The van der Waals surface area contributed by atoms with Gasteiger partial charge in [-0.25, -0.2) is 0 Å². The Morgan fingerprint density at radius 1 is 0.373 bits per heavy atom. The van der Waals surface area contributed by atoms with Crippen molar-refractivity contribution < 1.29 is 24.5 Å². The second-order valence-electron chi connectivity index (χ2n) is 21.5. The normalized spacial score (nSPS) is 13.0. The predicted molar refractivity (Wildman–Crippen MR) is 292 cm³/mol. The molecule has 67 heavy (non-hydrogen) atoms. The van der Waals surface area contributed by atoms with Crippen LogP contribution in [0.1, 0.15) is 355 Å². The predicted octanol–water partition coefficient (Wildman–Crippen LogP) is 19.1. The summed E-state index contributed by atoms with van der Waals surface area (Å²) in [5.41, 5.74) is 0. The summed E-state index contributed by atoms with van der Waals surface area (Å²) < 4.78 is 5.98. The first-order chi connectivity index (χ1) is 33.0. The van der Waals surface area contributed by atoms with Crippen LogP contribution in [0, 0.1) is 0 Å². The van der Waals surface area contributed by atoms with Gasteiger partial charge in [0.05, 0.1) is 25.2 Å². The van der Waals surface area contributed by atoms with Crippen LogP contribution in [-0.2, 0) is 14.3 Å². The quantitative estimate of drug-likeness (QED) is 0.0417. The van der Waals surface area contributed by atoms with E-state index < -0.39 is 18.2 Å². The van der Waals surface area contributed by atoms with Gasteiger partial charge in [-0.05, 0) is 25.7 Å². The van der Waals surface area contributed by atoms with Gasteiger partial charge in [-0.1, -0.05) is 316 Å². The van der Waals surface area contributed by atoms with Gasteiger partial charge in [-0.15, -0.1) is 0 Å². The van der Waals surface area contributed by atoms with Crippen molar-refractivity contribution in [3.05, 3.63) is 0 Å². The van der Waals surface area contributed by atoms with E-state index in [2.05, 4.69) is 26.1 Å². The summed E-state index contributed by atoms with van der Waals surface area (Å²) in [5, 5.41) is 23.9. The molecule has 0 heterocycles. The average Bonchev–Trinajstić information content (AvgIpc) is 3.32. The van der Waals surface area contributed by atoms with Gasteiger partial charge in [0.25, 0.3) is 0 Å². The molecule has 0 aliphatic heterocycles. The van der Waals surface area contributed by atoms with Gasteiger partial charge in [0, 0.05) is 6.42 Å². The number of carbonyl (C=O) groups is 2. The van der Waals surface area contributed by atoms with Crippen molar-refractivity contribution in [2.45, 2.75) is 373 Å². The Balaban J connectivity index is 4.44. The molecule has 3 atom stereocenters. The van der Waals surface area contributed by atoms with Gasteiger partial charge in [0.15, 0.2) is 0 Å². The Kier molecular flexibility index (Phi) is 54.8. The molecule has 1 amide bonds. The Hall–Kier alpha value is -1.14. The largest absolute Gasteiger partial charge is 0.462 e. The first-order valence-electron chi connectivity index (χ1n) is 30.8. The molecule has 3 unspecified atom stereocenters. The number of amides is 1. The summed E-state index contributed by atoms with van der Waals surface area (Å²) in [6, 6.07) is -0.693. The van der Waals surface area contributed by atoms with Crippen LogP contribution in [0.5, 0.6) is 0 Å². The maximum Gasteiger partial charge on any atom is 0.306 e. The zero-order valence-corrected chi connectivity index (χ0v) is 45.8. The van der Waals surface area contributed by atoms with Gasteiger partial charge in [-0.2, -0.15) is 0 Å². The number of rotatable bonds is 57. The fourth-order valence-corrected chi connectivity index (χ4v) is 10.0. The van der Waals surface area contributed by atoms with E-state index >= 15 is 0 Å². The van der Waals surface area contributed by atoms with Crippen molar-refractivity contribution in [1.29, 1.82) is 0 Å². The molecule has 0 aromatic carbocycles. The van der Waals surface area contributed by atoms with Crippen LogP contribution in [-0.4, -0.2) is 46.9 Å². The van der Waals surface area contributed by atoms with Crippen LogP contribution in [0.2, 0.25) is 0 Å². The smallest absolute Gasteiger partial charge is 0.306 e. The fourth-order valence-electron chi connectivity index (χ4n) is 10.0. The third kappa shape index (κ3) is 51.0. The Morgan fingerprint density at radius 3 is 0.910 bits per heavy atom. The number of aliphatic hydroxyl groups is 2. The lowest BCUT2D eigenvalue weighted by molar-refractivity contribution is -0.151. The van der Waals surface area contributed by atoms with Crippen LogP contribution in [0.4, 0.5) is 0 Å². The zero-order chi connectivity index (χ0) is 48.8. The van der Waals surface area contributed by atoms with E-state index in [0.717, 1.165) is 38.5 Å². The Morgan fingerprint density at radius 2 is 0.627 bits per heavy atom. The van der Waals surface area contributed by atoms with Crippen molar-refractivity contribution in [1.82, 2.24) is 5.32 Å². The summed E-state index contributed by atoms with van der Waals surface area (Å²) in [7, 11) is 0. The Labute approximate surface area is 419 Å². The minimum Gasteiger partial charge on any atom is -0.462 e. The molecule has 0 bridgehead atoms. The lowest BCUT2D eigenvalue weighted by Crippen LogP contribution is -2.46. The summed E-state index contributed by atoms with van der Waals surface area (Å²) in [6.07, 6.45) is 63.2. The van der Waals surface area contributed by atoms with Crippen LogP contribution in [0.15, 0.2) is 0 Å². The first-order valence-corrected chi connectivity index (χ1v) is 30.8. The molecule has 0 aromatic rings. The van der Waals surface area contributed by atoms with Gasteiger partial charge in [-0.3, -0.25) is 9.59 Å². The Bertz CT molecular complexity index is 975. The van der Waals surface area contributed by atoms with Crippen molar-refractivity contribution in [3.8, 4) is 0 Å². The molecule has 0 aliphatic carbocycles. The van der Waals surface area contributed by atoms with Gasteiger partial charge >= 0.3 is 5.97 Å². The maximum absolute atomic E-state index is 13.3. The number of hydrogen-bond acceptors (Lipinski definition) is 5. The highest BCUT2D eigenvalue weighted by molar-refractivity contribution is 5.77. The maximum atomic E-state index is 13.3. The summed E-state index contributed by atoms with van der Waals surface area (Å²) in [6.45, 7) is 6.55. The van der Waals surface area contributed by atoms with Crippen LogP contribution < -0.4 is 5.32 Å². The molecule has 0 rings (SSSR count). The van der Waals surface area contributed by atoms with E-state index in [-0.39, 0.29) is 24.9 Å². The monoisotopic (exact) mass is 948 g/mol. The highest BCUT2D eigenvalue weighted by atomic mass is 16.5. The molecule has 3 N–H and O–H groups in total. The lowest BCUT2D eigenvalue weighted by Gasteiger charge is -2.24. The molecule has 400 valence electrons. The molecular weight excluding hydrogens is 827 g/mol. The minimum atomic E-state index is -0.780. The highest BCUT2D eigenvalue weighted by Crippen LogP contribution is 2.20. The molecule has 0 aliphatic rings. The highest BCUT2D eigenvalue weighted by Gasteiger charge is 2.24. The molecular formula is C61H121NO5. The van der Waals surface area contributed by atoms with E-state index in [1.807, 2.05) is 0 Å². The van der Waals surface area contributed by atoms with Crippen LogP contribution in [0.3, 0.4) is 0 Å². The minimum absolute atomic E-state index is 0.0888. The zero-order valence-electron chi connectivity index (χ0n) is 45.8. The molecule has 6 nitrogen and oxygen atoms in total. The molecule has 0 spiro atoms. The van der Waals surface area contributed by atoms with E-state index in [9.17, 15) is 19.8 Å². The average molecular weight is 949 g/mol. The van der Waals surface area contributed by atoms with Crippen molar-refractivity contribution >= 4 is 11.9 Å². The number of esters is 1. The topological polar surface area (TPSA) is 95.9 Å². The number of aliphatic hydroxyl groups excluding tert-OH is 2. The van der Waals surface area contributed by atoms with Crippen LogP contribution in [0.25, 0.3) is 0 Å². The number of ether oxygens (including phenoxy) is 1. The second-order valence-corrected chi connectivity index (χ2v) is 21.5. The third-order valence-electron chi connectivity index (χ3n) is 14.7. The van der Waals surface area contributed by atoms with Crippen molar-refractivity contribution in [3.63, 3.8) is 0 Å². The summed E-state index contributed by atoms with van der Waals surface area (Å²) in [5.74, 6) is -0.441. The van der Waals surface area contributed by atoms with Crippen molar-refractivity contribution in [2.24, 2.45) is 0 Å². The van der Waals surface area contributed by atoms with E-state index in [4.69, 9.17) is 4.74 Å². The van der Waals surface area contributed by atoms with Gasteiger partial charge in [0.2, 0.25) is 5.91 Å². The second kappa shape index (κ2) is 55.8. The number of carbonyl (C=O) groups excluding carboxylic acids is 2. The SMILES string of the molecule is CCCCCCCCCCCCCCCCCCCCCC(=O)OC(CCCCCCCCCCCCCCCC)CC(=O)NC(CO)C(O)CCCCCCCCCCCCCCCCC. The number of unbranched alkanes of at least 4 members (excludes halogenated alkanes) is 45. The number of hydrogen-bond donors (Lipinski definition) is 3. The molecule has 0 aromatic heterocycles. The molecule has 0 saturated heterocycles. The molecule has 6 heteroatoms. The summed E-state index contributed by atoms with van der Waals surface area (Å²) in [4.78, 5) is 26.3. The van der Waals surface area contributed by atoms with Gasteiger partial charge in [0.1, 0.15) is 6.10 Å². The standard InChI is InChI=1S/C61H121NO5/c1-4-7-10-13-16-19-22-25-28-29-30-31-33-36-39-42-45-48-51-54-61(66)67-57(52-49-46-43-40-37-34-27-24-21-18-15-12-9-6-3)55-60(65)62-58(56-63)59(64)53-50-47-44-41-38-35-32-26-23-20-17-14-11-8-5-2/h57-59,63-64H,4-56H2,1-3H3,(H,62,65). The molecule has 0 saturated carbocycles. The summed E-state index contributed by atoms with van der Waals surface area (Å²) >= 11 is 0. The number of nitrogens with one attached hydrogen (secondary N) is 1. The first kappa shape index (κ1) is 65.9. The molecule has 0 fully saturated rings. The van der Waals surface area contributed by atoms with Crippen molar-refractivity contribution in [2.75, 3.05) is 6.61 Å². The van der Waals surface area contributed by atoms with Gasteiger partial charge < -0.3 is 20.3 Å². The van der Waals surface area contributed by atoms with E-state index in [0.29, 0.717) is 19.3 Å². The fraction of sp³-hybridized carbons (Fsp3) is 0.967. The van der Waals surface area contributed by atoms with E-state index in [1.54, 1.807) is 0 Å². The third-order valence-corrected chi connectivity index (χ3v) is 14.7.